The summed E-state index contributed by atoms with van der Waals surface area (Å²) in [6.45, 7) is 6.13. The van der Waals surface area contributed by atoms with Crippen molar-refractivity contribution in [3.63, 3.8) is 0 Å². The summed E-state index contributed by atoms with van der Waals surface area (Å²) in [7, 11) is 0. The van der Waals surface area contributed by atoms with E-state index in [1.165, 1.54) is 0 Å². The Labute approximate surface area is 109 Å². The Morgan fingerprint density at radius 2 is 1.94 bits per heavy atom. The van der Waals surface area contributed by atoms with Crippen LogP contribution in [-0.4, -0.2) is 35.2 Å². The molecule has 1 aromatic rings. The maximum Gasteiger partial charge on any atom is 0.0922 e. The van der Waals surface area contributed by atoms with Crippen molar-refractivity contribution < 1.29 is 5.11 Å². The summed E-state index contributed by atoms with van der Waals surface area (Å²) in [6, 6.07) is 12.2. The Hall–Kier alpha value is -1.37. The van der Waals surface area contributed by atoms with Gasteiger partial charge in [-0.15, -0.1) is 0 Å². The number of hydrogen-bond donors (Lipinski definition) is 1. The molecule has 0 spiro atoms. The van der Waals surface area contributed by atoms with Crippen molar-refractivity contribution >= 4 is 0 Å². The van der Waals surface area contributed by atoms with E-state index in [1.54, 1.807) is 0 Å². The smallest absolute Gasteiger partial charge is 0.0922 e. The van der Waals surface area contributed by atoms with Crippen LogP contribution in [0.3, 0.4) is 0 Å². The molecule has 0 aromatic heterocycles. The quantitative estimate of drug-likeness (QED) is 0.881. The number of β-amino-alcohol motifs (C(OH)–C–C–N with tert-alkyl or cyclic N) is 1. The zero-order valence-corrected chi connectivity index (χ0v) is 11.0. The van der Waals surface area contributed by atoms with Crippen molar-refractivity contribution in [2.75, 3.05) is 19.6 Å². The van der Waals surface area contributed by atoms with Crippen LogP contribution >= 0.6 is 0 Å². The van der Waals surface area contributed by atoms with Crippen molar-refractivity contribution in [1.29, 1.82) is 5.26 Å². The van der Waals surface area contributed by atoms with Crippen LogP contribution < -0.4 is 0 Å². The highest BCUT2D eigenvalue weighted by atomic mass is 16.3. The molecule has 3 nitrogen and oxygen atoms in total. The highest BCUT2D eigenvalue weighted by molar-refractivity contribution is 5.25. The number of benzene rings is 1. The van der Waals surface area contributed by atoms with E-state index in [2.05, 4.69) is 11.0 Å². The topological polar surface area (TPSA) is 47.3 Å². The normalized spacial score (nSPS) is 20.2. The van der Waals surface area contributed by atoms with Crippen LogP contribution in [0.25, 0.3) is 0 Å². The summed E-state index contributed by atoms with van der Waals surface area (Å²) >= 11 is 0. The molecule has 96 valence electrons. The van der Waals surface area contributed by atoms with Crippen LogP contribution in [0.2, 0.25) is 0 Å². The lowest BCUT2D eigenvalue weighted by atomic mass is 9.82. The molecular formula is C15H20N2O. The molecule has 0 radical (unpaired) electrons. The molecule has 0 aliphatic carbocycles. The largest absolute Gasteiger partial charge is 0.387 e. The van der Waals surface area contributed by atoms with Crippen LogP contribution in [0.4, 0.5) is 0 Å². The van der Waals surface area contributed by atoms with Gasteiger partial charge in [0.25, 0.3) is 0 Å². The number of likely N-dealkylation sites (tertiary alicyclic amines) is 1. The van der Waals surface area contributed by atoms with Gasteiger partial charge in [0.1, 0.15) is 0 Å². The number of rotatable bonds is 4. The number of hydrogen-bond acceptors (Lipinski definition) is 3. The van der Waals surface area contributed by atoms with Gasteiger partial charge in [-0.25, -0.2) is 0 Å². The van der Waals surface area contributed by atoms with Crippen LogP contribution in [0, 0.1) is 17.2 Å². The maximum atomic E-state index is 10.2. The van der Waals surface area contributed by atoms with Gasteiger partial charge in [0, 0.05) is 19.6 Å². The van der Waals surface area contributed by atoms with Gasteiger partial charge in [0.15, 0.2) is 0 Å². The van der Waals surface area contributed by atoms with E-state index in [1.807, 2.05) is 44.2 Å². The van der Waals surface area contributed by atoms with Crippen molar-refractivity contribution in [1.82, 2.24) is 4.90 Å². The lowest BCUT2D eigenvalue weighted by Crippen LogP contribution is -2.64. The fourth-order valence-electron chi connectivity index (χ4n) is 2.39. The first-order valence-corrected chi connectivity index (χ1v) is 6.44. The van der Waals surface area contributed by atoms with Crippen molar-refractivity contribution in [2.24, 2.45) is 5.92 Å². The lowest BCUT2D eigenvalue weighted by Gasteiger charge is -2.49. The fraction of sp³-hybridized carbons (Fsp3) is 0.533. The molecular weight excluding hydrogens is 224 g/mol. The van der Waals surface area contributed by atoms with Gasteiger partial charge in [-0.3, -0.25) is 4.90 Å². The molecule has 2 rings (SSSR count). The van der Waals surface area contributed by atoms with Crippen molar-refractivity contribution in [3.8, 4) is 6.07 Å². The molecule has 18 heavy (non-hydrogen) atoms. The summed E-state index contributed by atoms with van der Waals surface area (Å²) in [5, 5.41) is 19.4. The molecule has 1 fully saturated rings. The molecule has 1 unspecified atom stereocenters. The Bertz CT molecular complexity index is 430. The fourth-order valence-corrected chi connectivity index (χ4v) is 2.39. The summed E-state index contributed by atoms with van der Waals surface area (Å²) in [6.07, 6.45) is 0. The monoisotopic (exact) mass is 244 g/mol. The average molecular weight is 244 g/mol. The van der Waals surface area contributed by atoms with Gasteiger partial charge in [0.05, 0.1) is 17.6 Å². The summed E-state index contributed by atoms with van der Waals surface area (Å²) in [5.74, 6) is 0.161. The predicted molar refractivity (Wildman–Crippen MR) is 71.0 cm³/mol. The third kappa shape index (κ3) is 2.55. The van der Waals surface area contributed by atoms with E-state index < -0.39 is 5.60 Å². The molecule has 1 N–H and O–H groups in total. The van der Waals surface area contributed by atoms with Gasteiger partial charge in [-0.1, -0.05) is 44.2 Å². The summed E-state index contributed by atoms with van der Waals surface area (Å²) < 4.78 is 0. The second-order valence-electron chi connectivity index (χ2n) is 5.52. The maximum absolute atomic E-state index is 10.2. The second kappa shape index (κ2) is 5.09. The molecule has 1 saturated heterocycles. The lowest BCUT2D eigenvalue weighted by molar-refractivity contribution is -0.127. The van der Waals surface area contributed by atoms with E-state index in [0.29, 0.717) is 19.6 Å². The zero-order chi connectivity index (χ0) is 13.2. The van der Waals surface area contributed by atoms with Crippen molar-refractivity contribution in [2.45, 2.75) is 25.4 Å². The first kappa shape index (κ1) is 13.1. The number of aliphatic hydroxyl groups is 1. The van der Waals surface area contributed by atoms with Crippen LogP contribution in [0.5, 0.6) is 0 Å². The summed E-state index contributed by atoms with van der Waals surface area (Å²) in [5.41, 5.74) is 0.497. The van der Waals surface area contributed by atoms with E-state index >= 15 is 0 Å². The van der Waals surface area contributed by atoms with Gasteiger partial charge in [0.2, 0.25) is 0 Å². The minimum Gasteiger partial charge on any atom is -0.387 e. The molecule has 1 heterocycles. The number of nitrogens with zero attached hydrogens (tertiary/aromatic N) is 2. The highest BCUT2D eigenvalue weighted by Gasteiger charge is 2.43. The Morgan fingerprint density at radius 3 is 2.44 bits per heavy atom. The minimum absolute atomic E-state index is 0.108. The minimum atomic E-state index is -0.559. The molecule has 1 aliphatic heterocycles. The Kier molecular flexibility index (Phi) is 3.70. The molecule has 1 aliphatic rings. The molecule has 0 amide bonds. The van der Waals surface area contributed by atoms with Gasteiger partial charge >= 0.3 is 0 Å². The molecule has 0 saturated carbocycles. The van der Waals surface area contributed by atoms with E-state index in [0.717, 1.165) is 5.56 Å². The molecule has 1 aromatic carbocycles. The average Bonchev–Trinajstić information content (AvgIpc) is 2.34. The Morgan fingerprint density at radius 1 is 1.33 bits per heavy atom. The first-order chi connectivity index (χ1) is 8.55. The van der Waals surface area contributed by atoms with Gasteiger partial charge in [-0.05, 0) is 11.5 Å². The molecule has 3 heteroatoms. The first-order valence-electron chi connectivity index (χ1n) is 6.44. The molecule has 1 atom stereocenters. The standard InChI is InChI=1S/C15H20N2O/c1-12(2)15(18)10-17(11-15)9-14(8-16)13-6-4-3-5-7-13/h3-7,12,14,18H,9-11H2,1-2H3. The van der Waals surface area contributed by atoms with Crippen LogP contribution in [0.15, 0.2) is 30.3 Å². The van der Waals surface area contributed by atoms with Crippen LogP contribution in [-0.2, 0) is 0 Å². The predicted octanol–water partition coefficient (Wildman–Crippen LogP) is 2.00. The van der Waals surface area contributed by atoms with Gasteiger partial charge in [-0.2, -0.15) is 5.26 Å². The highest BCUT2D eigenvalue weighted by Crippen LogP contribution is 2.30. The molecule has 0 bridgehead atoms. The number of nitriles is 1. The van der Waals surface area contributed by atoms with E-state index in [-0.39, 0.29) is 11.8 Å². The third-order valence-corrected chi connectivity index (χ3v) is 3.87. The second-order valence-corrected chi connectivity index (χ2v) is 5.52. The van der Waals surface area contributed by atoms with E-state index in [4.69, 9.17) is 0 Å². The third-order valence-electron chi connectivity index (χ3n) is 3.87. The van der Waals surface area contributed by atoms with E-state index in [9.17, 15) is 10.4 Å². The Balaban J connectivity index is 1.93. The van der Waals surface area contributed by atoms with Crippen molar-refractivity contribution in [3.05, 3.63) is 35.9 Å². The summed E-state index contributed by atoms with van der Waals surface area (Å²) in [4.78, 5) is 2.15. The van der Waals surface area contributed by atoms with Gasteiger partial charge < -0.3 is 5.11 Å². The van der Waals surface area contributed by atoms with Crippen LogP contribution in [0.1, 0.15) is 25.3 Å². The SMILES string of the molecule is CC(C)C1(O)CN(CC(C#N)c2ccccc2)C1. The zero-order valence-electron chi connectivity index (χ0n) is 11.0.